The molecule has 0 bridgehead atoms. The standard InChI is InChI=1S/C4H9O.Fe/c1-3-4(2)5;/h4H,3H2,1-2H3;/q-1;+1. The van der Waals surface area contributed by atoms with Crippen molar-refractivity contribution in [3.63, 3.8) is 0 Å². The average Bonchev–Trinajstić information content (AvgIpc) is 1.65. The fourth-order valence-corrected chi connectivity index (χ4v) is 0.243. The predicted molar refractivity (Wildman–Crippen MR) is 20.8 cm³/mol. The Morgan fingerprint density at radius 1 is 1.83 bits per heavy atom. The van der Waals surface area contributed by atoms with Gasteiger partial charge in [-0.15, -0.1) is 0 Å². The zero-order chi connectivity index (χ0) is 4.99. The van der Waals surface area contributed by atoms with Gasteiger partial charge in [-0.05, 0) is 0 Å². The van der Waals surface area contributed by atoms with Crippen LogP contribution in [0.3, 0.4) is 0 Å². The van der Waals surface area contributed by atoms with Gasteiger partial charge in [-0.25, -0.2) is 0 Å². The van der Waals surface area contributed by atoms with Crippen LogP contribution in [-0.2, 0) is 20.2 Å². The molecule has 0 N–H and O–H groups in total. The summed E-state index contributed by atoms with van der Waals surface area (Å²) in [7, 11) is 0. The van der Waals surface area contributed by atoms with Crippen LogP contribution >= 0.6 is 0 Å². The summed E-state index contributed by atoms with van der Waals surface area (Å²) in [6.07, 6.45) is 1.37. The summed E-state index contributed by atoms with van der Waals surface area (Å²) in [5.74, 6) is 0. The van der Waals surface area contributed by atoms with E-state index in [1.807, 2.05) is 6.92 Å². The van der Waals surface area contributed by atoms with Crippen molar-refractivity contribution >= 4 is 0 Å². The van der Waals surface area contributed by atoms with Gasteiger partial charge in [-0.1, -0.05) is 0 Å². The first kappa shape index (κ1) is 6.48. The molecule has 39 valence electrons. The number of hydrogen-bond acceptors (Lipinski definition) is 1. The molecule has 0 aromatic heterocycles. The van der Waals surface area contributed by atoms with Gasteiger partial charge in [0.15, 0.2) is 0 Å². The molecule has 0 heterocycles. The maximum atomic E-state index is 4.65. The van der Waals surface area contributed by atoms with Gasteiger partial charge >= 0.3 is 46.5 Å². The van der Waals surface area contributed by atoms with Gasteiger partial charge in [0.2, 0.25) is 0 Å². The SMILES string of the molecule is CCC(C)[O][Fe]. The molecule has 6 heavy (non-hydrogen) atoms. The molecule has 2 heteroatoms. The molecule has 0 fully saturated rings. The van der Waals surface area contributed by atoms with Gasteiger partial charge in [-0.3, -0.25) is 0 Å². The van der Waals surface area contributed by atoms with Crippen molar-refractivity contribution < 1.29 is 20.2 Å². The van der Waals surface area contributed by atoms with Crippen LogP contribution in [0.5, 0.6) is 0 Å². The molecule has 0 rings (SSSR count). The van der Waals surface area contributed by atoms with Crippen LogP contribution in [0.2, 0.25) is 0 Å². The number of rotatable bonds is 2. The van der Waals surface area contributed by atoms with E-state index in [0.29, 0.717) is 6.10 Å². The molecule has 0 amide bonds. The molecule has 0 saturated heterocycles. The molecular formula is C4H9FeO. The van der Waals surface area contributed by atoms with Crippen molar-refractivity contribution in [2.75, 3.05) is 0 Å². The molecule has 0 aliphatic carbocycles. The van der Waals surface area contributed by atoms with Crippen molar-refractivity contribution in [2.45, 2.75) is 26.4 Å². The Kier molecular flexibility index (Phi) is 3.95. The quantitative estimate of drug-likeness (QED) is 0.510. The molecule has 0 radical (unpaired) electrons. The average molecular weight is 129 g/mol. The number of hydrogen-bond donors (Lipinski definition) is 0. The summed E-state index contributed by atoms with van der Waals surface area (Å²) in [6.45, 7) is 4.06. The molecule has 1 unspecified atom stereocenters. The maximum absolute atomic E-state index is 4.65. The van der Waals surface area contributed by atoms with E-state index in [9.17, 15) is 0 Å². The van der Waals surface area contributed by atoms with Gasteiger partial charge < -0.3 is 0 Å². The monoisotopic (exact) mass is 129 g/mol. The molecule has 1 atom stereocenters. The Morgan fingerprint density at radius 3 is 2.33 bits per heavy atom. The van der Waals surface area contributed by atoms with Crippen LogP contribution in [0.15, 0.2) is 0 Å². The van der Waals surface area contributed by atoms with E-state index >= 15 is 0 Å². The summed E-state index contributed by atoms with van der Waals surface area (Å²) in [6, 6.07) is 0. The minimum atomic E-state index is 0.324. The van der Waals surface area contributed by atoms with E-state index in [1.165, 1.54) is 0 Å². The second-order valence-corrected chi connectivity index (χ2v) is 1.56. The van der Waals surface area contributed by atoms with Crippen LogP contribution in [0, 0.1) is 0 Å². The summed E-state index contributed by atoms with van der Waals surface area (Å²) in [5, 5.41) is 0. The molecular weight excluding hydrogens is 120 g/mol. The van der Waals surface area contributed by atoms with Gasteiger partial charge in [0.1, 0.15) is 0 Å². The first-order valence-electron chi connectivity index (χ1n) is 2.07. The summed E-state index contributed by atoms with van der Waals surface area (Å²) in [5.41, 5.74) is 0. The molecule has 0 aromatic carbocycles. The molecule has 0 saturated carbocycles. The Hall–Kier alpha value is 0.479. The van der Waals surface area contributed by atoms with E-state index in [-0.39, 0.29) is 0 Å². The first-order chi connectivity index (χ1) is 2.81. The van der Waals surface area contributed by atoms with Crippen LogP contribution in [0.4, 0.5) is 0 Å². The third kappa shape index (κ3) is 2.70. The van der Waals surface area contributed by atoms with E-state index < -0.39 is 0 Å². The Bertz CT molecular complexity index is 26.7. The molecule has 0 spiro atoms. The molecule has 0 aliphatic heterocycles. The molecule has 0 aromatic rings. The summed E-state index contributed by atoms with van der Waals surface area (Å²) in [4.78, 5) is 0. The third-order valence-electron chi connectivity index (χ3n) is 0.717. The van der Waals surface area contributed by atoms with Crippen molar-refractivity contribution in [2.24, 2.45) is 0 Å². The zero-order valence-electron chi connectivity index (χ0n) is 4.05. The topological polar surface area (TPSA) is 9.23 Å². The van der Waals surface area contributed by atoms with Crippen molar-refractivity contribution in [1.29, 1.82) is 0 Å². The van der Waals surface area contributed by atoms with Crippen molar-refractivity contribution in [3.05, 3.63) is 0 Å². The van der Waals surface area contributed by atoms with Crippen LogP contribution < -0.4 is 0 Å². The van der Waals surface area contributed by atoms with E-state index in [2.05, 4.69) is 27.1 Å². The van der Waals surface area contributed by atoms with Gasteiger partial charge in [0, 0.05) is 0 Å². The summed E-state index contributed by atoms with van der Waals surface area (Å²) < 4.78 is 4.65. The van der Waals surface area contributed by atoms with Gasteiger partial charge in [0.25, 0.3) is 0 Å². The predicted octanol–water partition coefficient (Wildman–Crippen LogP) is 1.26. The van der Waals surface area contributed by atoms with Gasteiger partial charge in [-0.2, -0.15) is 0 Å². The Morgan fingerprint density at radius 2 is 2.33 bits per heavy atom. The second-order valence-electron chi connectivity index (χ2n) is 1.30. The van der Waals surface area contributed by atoms with Gasteiger partial charge in [0.05, 0.1) is 0 Å². The second kappa shape index (κ2) is 3.66. The molecule has 0 aliphatic rings. The summed E-state index contributed by atoms with van der Waals surface area (Å²) >= 11 is 3.26. The third-order valence-corrected chi connectivity index (χ3v) is 1.16. The fraction of sp³-hybridized carbons (Fsp3) is 1.00. The Balaban J connectivity index is 2.75. The van der Waals surface area contributed by atoms with Crippen LogP contribution in [0.25, 0.3) is 0 Å². The zero-order valence-corrected chi connectivity index (χ0v) is 5.15. The van der Waals surface area contributed by atoms with Crippen molar-refractivity contribution in [1.82, 2.24) is 0 Å². The first-order valence-corrected chi connectivity index (χ1v) is 2.52. The van der Waals surface area contributed by atoms with Crippen LogP contribution in [-0.4, -0.2) is 6.10 Å². The Labute approximate surface area is 47.2 Å². The van der Waals surface area contributed by atoms with E-state index in [4.69, 9.17) is 0 Å². The van der Waals surface area contributed by atoms with E-state index in [1.54, 1.807) is 0 Å². The fourth-order valence-electron chi connectivity index (χ4n) is 0.0589. The van der Waals surface area contributed by atoms with E-state index in [0.717, 1.165) is 6.42 Å². The van der Waals surface area contributed by atoms with Crippen LogP contribution in [0.1, 0.15) is 20.3 Å². The minimum absolute atomic E-state index is 0.324. The van der Waals surface area contributed by atoms with Crippen molar-refractivity contribution in [3.8, 4) is 0 Å². The molecule has 1 nitrogen and oxygen atoms in total. The normalized spacial score (nSPS) is 14.5.